The first-order valence-electron chi connectivity index (χ1n) is 6.55. The standard InChI is InChI=1S/C16H14BrFN2S/c17-14-6-5-11(18)7-10(14)8-15(20-19)13-9-21-16-4-2-1-3-12(13)16/h1-7,9,15,20H,8,19H2. The molecular formula is C16H14BrFN2S. The number of fused-ring (bicyclic) bond motifs is 1. The van der Waals surface area contributed by atoms with E-state index in [0.29, 0.717) is 6.42 Å². The van der Waals surface area contributed by atoms with Gasteiger partial charge >= 0.3 is 0 Å². The molecule has 3 N–H and O–H groups in total. The second-order valence-electron chi connectivity index (χ2n) is 4.85. The molecule has 0 aliphatic heterocycles. The Morgan fingerprint density at radius 3 is 2.86 bits per heavy atom. The minimum Gasteiger partial charge on any atom is -0.271 e. The molecule has 1 aromatic heterocycles. The lowest BCUT2D eigenvalue weighted by Crippen LogP contribution is -2.29. The van der Waals surface area contributed by atoms with Crippen LogP contribution in [0.1, 0.15) is 17.2 Å². The van der Waals surface area contributed by atoms with E-state index in [0.717, 1.165) is 15.6 Å². The largest absolute Gasteiger partial charge is 0.271 e. The summed E-state index contributed by atoms with van der Waals surface area (Å²) in [7, 11) is 0. The lowest BCUT2D eigenvalue weighted by Gasteiger charge is -2.16. The first kappa shape index (κ1) is 14.7. The van der Waals surface area contributed by atoms with Gasteiger partial charge in [0.25, 0.3) is 0 Å². The van der Waals surface area contributed by atoms with Crippen molar-refractivity contribution in [3.8, 4) is 0 Å². The average molecular weight is 365 g/mol. The van der Waals surface area contributed by atoms with E-state index in [1.165, 1.54) is 16.2 Å². The number of nitrogens with two attached hydrogens (primary N) is 1. The zero-order chi connectivity index (χ0) is 14.8. The fraction of sp³-hybridized carbons (Fsp3) is 0.125. The van der Waals surface area contributed by atoms with E-state index >= 15 is 0 Å². The molecule has 2 nitrogen and oxygen atoms in total. The quantitative estimate of drug-likeness (QED) is 0.526. The van der Waals surface area contributed by atoms with Crippen LogP contribution in [0.25, 0.3) is 10.1 Å². The number of hydrogen-bond acceptors (Lipinski definition) is 3. The molecule has 0 bridgehead atoms. The Hall–Kier alpha value is -1.27. The highest BCUT2D eigenvalue weighted by Gasteiger charge is 2.16. The van der Waals surface area contributed by atoms with Gasteiger partial charge in [0.15, 0.2) is 0 Å². The van der Waals surface area contributed by atoms with Crippen molar-refractivity contribution in [1.82, 2.24) is 5.43 Å². The zero-order valence-corrected chi connectivity index (χ0v) is 13.5. The lowest BCUT2D eigenvalue weighted by molar-refractivity contribution is 0.552. The summed E-state index contributed by atoms with van der Waals surface area (Å²) in [5.74, 6) is 5.50. The lowest BCUT2D eigenvalue weighted by atomic mass is 9.99. The Bertz CT molecular complexity index is 772. The maximum atomic E-state index is 13.4. The first-order chi connectivity index (χ1) is 10.2. The predicted octanol–water partition coefficient (Wildman–Crippen LogP) is 4.55. The Labute approximate surface area is 134 Å². The highest BCUT2D eigenvalue weighted by atomic mass is 79.9. The van der Waals surface area contributed by atoms with Gasteiger partial charge in [-0.2, -0.15) is 0 Å². The van der Waals surface area contributed by atoms with Gasteiger partial charge in [0.05, 0.1) is 6.04 Å². The monoisotopic (exact) mass is 364 g/mol. The second-order valence-corrected chi connectivity index (χ2v) is 6.61. The Morgan fingerprint density at radius 1 is 1.24 bits per heavy atom. The van der Waals surface area contributed by atoms with Crippen LogP contribution in [0.15, 0.2) is 52.3 Å². The third-order valence-corrected chi connectivity index (χ3v) is 5.27. The smallest absolute Gasteiger partial charge is 0.123 e. The van der Waals surface area contributed by atoms with Crippen molar-refractivity contribution >= 4 is 37.4 Å². The van der Waals surface area contributed by atoms with Gasteiger partial charge in [-0.25, -0.2) is 4.39 Å². The van der Waals surface area contributed by atoms with Crippen LogP contribution in [0.2, 0.25) is 0 Å². The maximum Gasteiger partial charge on any atom is 0.123 e. The molecule has 2 aromatic carbocycles. The van der Waals surface area contributed by atoms with E-state index in [9.17, 15) is 4.39 Å². The average Bonchev–Trinajstić information content (AvgIpc) is 2.92. The summed E-state index contributed by atoms with van der Waals surface area (Å²) in [6.45, 7) is 0. The molecule has 0 amide bonds. The highest BCUT2D eigenvalue weighted by Crippen LogP contribution is 2.32. The van der Waals surface area contributed by atoms with Crippen molar-refractivity contribution in [3.05, 3.63) is 69.3 Å². The van der Waals surface area contributed by atoms with Gasteiger partial charge < -0.3 is 0 Å². The van der Waals surface area contributed by atoms with Crippen molar-refractivity contribution in [1.29, 1.82) is 0 Å². The van der Waals surface area contributed by atoms with Crippen LogP contribution in [0, 0.1) is 5.82 Å². The van der Waals surface area contributed by atoms with E-state index in [2.05, 4.69) is 38.9 Å². The summed E-state index contributed by atoms with van der Waals surface area (Å²) in [6, 6.07) is 12.9. The van der Waals surface area contributed by atoms with Crippen LogP contribution in [-0.2, 0) is 6.42 Å². The number of hydrogen-bond donors (Lipinski definition) is 2. The molecule has 0 aliphatic rings. The fourth-order valence-electron chi connectivity index (χ4n) is 2.45. The Kier molecular flexibility index (Phi) is 4.35. The summed E-state index contributed by atoms with van der Waals surface area (Å²) in [6.07, 6.45) is 0.621. The maximum absolute atomic E-state index is 13.4. The highest BCUT2D eigenvalue weighted by molar-refractivity contribution is 9.10. The zero-order valence-electron chi connectivity index (χ0n) is 11.1. The van der Waals surface area contributed by atoms with Crippen molar-refractivity contribution in [3.63, 3.8) is 0 Å². The number of halogens is 2. The van der Waals surface area contributed by atoms with Gasteiger partial charge in [-0.05, 0) is 52.6 Å². The number of nitrogens with one attached hydrogen (secondary N) is 1. The van der Waals surface area contributed by atoms with E-state index in [4.69, 9.17) is 5.84 Å². The number of thiophene rings is 1. The van der Waals surface area contributed by atoms with Gasteiger partial charge in [-0.1, -0.05) is 34.1 Å². The van der Waals surface area contributed by atoms with Crippen molar-refractivity contribution in [2.24, 2.45) is 5.84 Å². The minimum atomic E-state index is -0.237. The normalized spacial score (nSPS) is 12.7. The molecule has 108 valence electrons. The molecule has 5 heteroatoms. The molecule has 0 spiro atoms. The van der Waals surface area contributed by atoms with E-state index in [-0.39, 0.29) is 11.9 Å². The van der Waals surface area contributed by atoms with Gasteiger partial charge in [-0.15, -0.1) is 11.3 Å². The molecule has 3 aromatic rings. The minimum absolute atomic E-state index is 0.0563. The summed E-state index contributed by atoms with van der Waals surface area (Å²) < 4.78 is 15.5. The number of hydrazine groups is 1. The summed E-state index contributed by atoms with van der Waals surface area (Å²) in [4.78, 5) is 0. The van der Waals surface area contributed by atoms with Crippen LogP contribution in [0.4, 0.5) is 4.39 Å². The van der Waals surface area contributed by atoms with Crippen LogP contribution in [0.3, 0.4) is 0 Å². The van der Waals surface area contributed by atoms with Gasteiger partial charge in [0, 0.05) is 9.17 Å². The van der Waals surface area contributed by atoms with Crippen molar-refractivity contribution in [2.45, 2.75) is 12.5 Å². The first-order valence-corrected chi connectivity index (χ1v) is 8.22. The fourth-order valence-corrected chi connectivity index (χ4v) is 3.87. The number of benzene rings is 2. The molecule has 1 atom stereocenters. The van der Waals surface area contributed by atoms with Crippen molar-refractivity contribution < 1.29 is 4.39 Å². The summed E-state index contributed by atoms with van der Waals surface area (Å²) >= 11 is 5.16. The molecule has 3 rings (SSSR count). The molecule has 1 unspecified atom stereocenters. The van der Waals surface area contributed by atoms with Gasteiger partial charge in [0.2, 0.25) is 0 Å². The van der Waals surface area contributed by atoms with Crippen LogP contribution in [-0.4, -0.2) is 0 Å². The molecule has 0 saturated heterocycles. The topological polar surface area (TPSA) is 38.0 Å². The summed E-state index contributed by atoms with van der Waals surface area (Å²) in [5.41, 5.74) is 4.90. The molecular weight excluding hydrogens is 351 g/mol. The predicted molar refractivity (Wildman–Crippen MR) is 89.7 cm³/mol. The van der Waals surface area contributed by atoms with Crippen molar-refractivity contribution in [2.75, 3.05) is 0 Å². The third-order valence-electron chi connectivity index (χ3n) is 3.52. The second kappa shape index (κ2) is 6.23. The van der Waals surface area contributed by atoms with Crippen LogP contribution < -0.4 is 11.3 Å². The number of rotatable bonds is 4. The van der Waals surface area contributed by atoms with Crippen LogP contribution >= 0.6 is 27.3 Å². The molecule has 0 saturated carbocycles. The molecule has 1 heterocycles. The Balaban J connectivity index is 1.97. The Morgan fingerprint density at radius 2 is 2.05 bits per heavy atom. The van der Waals surface area contributed by atoms with Gasteiger partial charge in [0.1, 0.15) is 5.82 Å². The SMILES string of the molecule is NNC(Cc1cc(F)ccc1Br)c1csc2ccccc12. The van der Waals surface area contributed by atoms with E-state index in [1.807, 2.05) is 12.1 Å². The molecule has 0 aliphatic carbocycles. The summed E-state index contributed by atoms with van der Waals surface area (Å²) in [5, 5.41) is 3.31. The van der Waals surface area contributed by atoms with E-state index in [1.54, 1.807) is 23.5 Å². The molecule has 0 radical (unpaired) electrons. The van der Waals surface area contributed by atoms with E-state index < -0.39 is 0 Å². The van der Waals surface area contributed by atoms with Gasteiger partial charge in [-0.3, -0.25) is 11.3 Å². The molecule has 21 heavy (non-hydrogen) atoms. The molecule has 0 fully saturated rings. The van der Waals surface area contributed by atoms with Crippen LogP contribution in [0.5, 0.6) is 0 Å². The third kappa shape index (κ3) is 3.01.